The second-order valence-electron chi connectivity index (χ2n) is 4.91. The first kappa shape index (κ1) is 13.1. The van der Waals surface area contributed by atoms with Crippen molar-refractivity contribution >= 4 is 23.2 Å². The standard InChI is InChI=1S/C14H15ClN4O/c1-8-4-9(15)2-3-10(8)19-14(20)12-5-11-13(6-16-12)18-7-17-11/h2-4,7,12,16H,5-6H2,1H3,(H,17,18)(H,19,20). The van der Waals surface area contributed by atoms with Crippen LogP contribution in [0.5, 0.6) is 0 Å². The molecule has 1 aromatic carbocycles. The van der Waals surface area contributed by atoms with E-state index in [1.165, 1.54) is 0 Å². The summed E-state index contributed by atoms with van der Waals surface area (Å²) in [7, 11) is 0. The van der Waals surface area contributed by atoms with E-state index >= 15 is 0 Å². The summed E-state index contributed by atoms with van der Waals surface area (Å²) < 4.78 is 0. The Balaban J connectivity index is 1.71. The number of aryl methyl sites for hydroxylation is 1. The second kappa shape index (κ2) is 5.26. The van der Waals surface area contributed by atoms with Crippen LogP contribution in [0.1, 0.15) is 17.0 Å². The number of carbonyl (C=O) groups excluding carboxylic acids is 1. The van der Waals surface area contributed by atoms with Crippen LogP contribution in [0.4, 0.5) is 5.69 Å². The highest BCUT2D eigenvalue weighted by atomic mass is 35.5. The van der Waals surface area contributed by atoms with Gasteiger partial charge < -0.3 is 10.3 Å². The van der Waals surface area contributed by atoms with Gasteiger partial charge in [0.1, 0.15) is 0 Å². The summed E-state index contributed by atoms with van der Waals surface area (Å²) in [5.74, 6) is -0.0518. The maximum atomic E-state index is 12.3. The van der Waals surface area contributed by atoms with Crippen molar-refractivity contribution in [2.24, 2.45) is 0 Å². The number of amides is 1. The van der Waals surface area contributed by atoms with E-state index in [-0.39, 0.29) is 11.9 Å². The van der Waals surface area contributed by atoms with E-state index in [4.69, 9.17) is 11.6 Å². The van der Waals surface area contributed by atoms with Gasteiger partial charge in [-0.05, 0) is 30.7 Å². The summed E-state index contributed by atoms with van der Waals surface area (Å²) in [5, 5.41) is 6.80. The molecule has 0 aliphatic carbocycles. The van der Waals surface area contributed by atoms with Gasteiger partial charge in [-0.15, -0.1) is 0 Å². The van der Waals surface area contributed by atoms with Crippen LogP contribution in [-0.2, 0) is 17.8 Å². The molecule has 1 aliphatic rings. The average molecular weight is 291 g/mol. The predicted octanol–water partition coefficient (Wildman–Crippen LogP) is 2.02. The molecule has 2 aromatic rings. The molecule has 1 unspecified atom stereocenters. The van der Waals surface area contributed by atoms with E-state index in [0.29, 0.717) is 18.0 Å². The number of halogens is 1. The molecule has 0 bridgehead atoms. The van der Waals surface area contributed by atoms with Gasteiger partial charge in [0.05, 0.1) is 23.8 Å². The van der Waals surface area contributed by atoms with E-state index in [2.05, 4.69) is 20.6 Å². The Morgan fingerprint density at radius 3 is 3.15 bits per heavy atom. The number of anilines is 1. The molecule has 6 heteroatoms. The predicted molar refractivity (Wildman–Crippen MR) is 77.7 cm³/mol. The Morgan fingerprint density at radius 2 is 2.35 bits per heavy atom. The maximum Gasteiger partial charge on any atom is 0.241 e. The summed E-state index contributed by atoms with van der Waals surface area (Å²) >= 11 is 5.91. The van der Waals surface area contributed by atoms with Crippen LogP contribution in [0.3, 0.4) is 0 Å². The van der Waals surface area contributed by atoms with Crippen LogP contribution in [0, 0.1) is 6.92 Å². The van der Waals surface area contributed by atoms with E-state index in [1.807, 2.05) is 19.1 Å². The zero-order chi connectivity index (χ0) is 14.1. The summed E-state index contributed by atoms with van der Waals surface area (Å²) in [6.45, 7) is 2.55. The molecule has 0 spiro atoms. The van der Waals surface area contributed by atoms with Crippen molar-refractivity contribution in [2.75, 3.05) is 5.32 Å². The Labute approximate surface area is 121 Å². The number of fused-ring (bicyclic) bond motifs is 1. The van der Waals surface area contributed by atoms with Crippen molar-refractivity contribution < 1.29 is 4.79 Å². The van der Waals surface area contributed by atoms with Crippen molar-refractivity contribution in [1.82, 2.24) is 15.3 Å². The summed E-state index contributed by atoms with van der Waals surface area (Å²) in [6.07, 6.45) is 2.26. The first-order valence-electron chi connectivity index (χ1n) is 6.45. The maximum absolute atomic E-state index is 12.3. The molecule has 1 atom stereocenters. The van der Waals surface area contributed by atoms with Gasteiger partial charge in [0.25, 0.3) is 0 Å². The minimum absolute atomic E-state index is 0.0518. The van der Waals surface area contributed by atoms with Crippen LogP contribution in [0.15, 0.2) is 24.5 Å². The van der Waals surface area contributed by atoms with Gasteiger partial charge in [0.15, 0.2) is 0 Å². The van der Waals surface area contributed by atoms with Crippen LogP contribution < -0.4 is 10.6 Å². The van der Waals surface area contributed by atoms with Crippen LogP contribution in [-0.4, -0.2) is 21.9 Å². The quantitative estimate of drug-likeness (QED) is 0.792. The third-order valence-electron chi connectivity index (χ3n) is 3.49. The van der Waals surface area contributed by atoms with Gasteiger partial charge in [0, 0.05) is 23.7 Å². The Kier molecular flexibility index (Phi) is 3.46. The topological polar surface area (TPSA) is 69.8 Å². The number of nitrogens with zero attached hydrogens (tertiary/aromatic N) is 1. The second-order valence-corrected chi connectivity index (χ2v) is 5.35. The van der Waals surface area contributed by atoms with Gasteiger partial charge in [-0.2, -0.15) is 0 Å². The molecule has 0 radical (unpaired) electrons. The lowest BCUT2D eigenvalue weighted by Gasteiger charge is -2.22. The number of rotatable bonds is 2. The molecule has 0 fully saturated rings. The third kappa shape index (κ3) is 2.55. The molecule has 3 rings (SSSR count). The highest BCUT2D eigenvalue weighted by molar-refractivity contribution is 6.30. The van der Waals surface area contributed by atoms with Crippen LogP contribution in [0.25, 0.3) is 0 Å². The van der Waals surface area contributed by atoms with Gasteiger partial charge in [-0.3, -0.25) is 10.1 Å². The molecule has 104 valence electrons. The number of imidazole rings is 1. The summed E-state index contributed by atoms with van der Waals surface area (Å²) in [4.78, 5) is 19.6. The average Bonchev–Trinajstić information content (AvgIpc) is 2.89. The van der Waals surface area contributed by atoms with E-state index in [9.17, 15) is 4.79 Å². The molecule has 3 N–H and O–H groups in total. The molecular weight excluding hydrogens is 276 g/mol. The Hall–Kier alpha value is -1.85. The summed E-state index contributed by atoms with van der Waals surface area (Å²) in [6, 6.07) is 5.15. The molecule has 2 heterocycles. The molecule has 20 heavy (non-hydrogen) atoms. The number of aromatic amines is 1. The molecule has 1 aliphatic heterocycles. The highest BCUT2D eigenvalue weighted by Crippen LogP contribution is 2.20. The van der Waals surface area contributed by atoms with Crippen LogP contribution >= 0.6 is 11.6 Å². The third-order valence-corrected chi connectivity index (χ3v) is 3.73. The van der Waals surface area contributed by atoms with Gasteiger partial charge in [-0.1, -0.05) is 11.6 Å². The van der Waals surface area contributed by atoms with Crippen LogP contribution in [0.2, 0.25) is 5.02 Å². The fraction of sp³-hybridized carbons (Fsp3) is 0.286. The Bertz CT molecular complexity index is 652. The minimum Gasteiger partial charge on any atom is -0.347 e. The molecule has 0 saturated heterocycles. The molecule has 1 amide bonds. The number of aromatic nitrogens is 2. The zero-order valence-electron chi connectivity index (χ0n) is 11.0. The van der Waals surface area contributed by atoms with Gasteiger partial charge >= 0.3 is 0 Å². The first-order chi connectivity index (χ1) is 9.63. The zero-order valence-corrected chi connectivity index (χ0v) is 11.8. The number of benzene rings is 1. The van der Waals surface area contributed by atoms with Crippen molar-refractivity contribution in [3.05, 3.63) is 46.5 Å². The van der Waals surface area contributed by atoms with E-state index < -0.39 is 0 Å². The van der Waals surface area contributed by atoms with Gasteiger partial charge in [0.2, 0.25) is 5.91 Å². The van der Waals surface area contributed by atoms with E-state index in [0.717, 1.165) is 22.6 Å². The lowest BCUT2D eigenvalue weighted by molar-refractivity contribution is -0.118. The molecular formula is C14H15ClN4O. The SMILES string of the molecule is Cc1cc(Cl)ccc1NC(=O)C1Cc2nc[nH]c2CN1. The number of H-pyrrole nitrogens is 1. The van der Waals surface area contributed by atoms with Gasteiger partial charge in [-0.25, -0.2) is 4.98 Å². The lowest BCUT2D eigenvalue weighted by Crippen LogP contribution is -2.44. The summed E-state index contributed by atoms with van der Waals surface area (Å²) in [5.41, 5.74) is 3.74. The fourth-order valence-corrected chi connectivity index (χ4v) is 2.57. The smallest absolute Gasteiger partial charge is 0.241 e. The number of hydrogen-bond donors (Lipinski definition) is 3. The molecule has 0 saturated carbocycles. The van der Waals surface area contributed by atoms with Crippen molar-refractivity contribution in [2.45, 2.75) is 25.9 Å². The number of nitrogens with one attached hydrogen (secondary N) is 3. The minimum atomic E-state index is -0.263. The number of carbonyl (C=O) groups is 1. The van der Waals surface area contributed by atoms with E-state index in [1.54, 1.807) is 12.4 Å². The first-order valence-corrected chi connectivity index (χ1v) is 6.83. The van der Waals surface area contributed by atoms with Crippen molar-refractivity contribution in [3.8, 4) is 0 Å². The largest absolute Gasteiger partial charge is 0.347 e. The Morgan fingerprint density at radius 1 is 1.50 bits per heavy atom. The number of hydrogen-bond acceptors (Lipinski definition) is 3. The fourth-order valence-electron chi connectivity index (χ4n) is 2.34. The monoisotopic (exact) mass is 290 g/mol. The normalized spacial score (nSPS) is 17.6. The van der Waals surface area contributed by atoms with Crippen molar-refractivity contribution in [1.29, 1.82) is 0 Å². The molecule has 1 aromatic heterocycles. The van der Waals surface area contributed by atoms with Crippen molar-refractivity contribution in [3.63, 3.8) is 0 Å². The highest BCUT2D eigenvalue weighted by Gasteiger charge is 2.25. The lowest BCUT2D eigenvalue weighted by atomic mass is 10.0. The molecule has 5 nitrogen and oxygen atoms in total.